The van der Waals surface area contributed by atoms with Gasteiger partial charge >= 0.3 is 0 Å². The van der Waals surface area contributed by atoms with Crippen molar-refractivity contribution in [2.45, 2.75) is 0 Å². The molecule has 100 valence electrons. The molecule has 0 atom stereocenters. The summed E-state index contributed by atoms with van der Waals surface area (Å²) in [4.78, 5) is 0. The van der Waals surface area contributed by atoms with Gasteiger partial charge in [0.2, 0.25) is 0 Å². The number of allylic oxidation sites excluding steroid dienone is 1. The Labute approximate surface area is 118 Å². The van der Waals surface area contributed by atoms with Crippen molar-refractivity contribution in [3.05, 3.63) is 59.7 Å². The SMILES string of the molecule is COc1ccc(OC)c(/C=C(\C#N)c2ccccc2)c1. The minimum atomic E-state index is 0.581. The highest BCUT2D eigenvalue weighted by molar-refractivity contribution is 5.90. The first kappa shape index (κ1) is 13.7. The van der Waals surface area contributed by atoms with Gasteiger partial charge < -0.3 is 9.47 Å². The van der Waals surface area contributed by atoms with Crippen LogP contribution in [0.2, 0.25) is 0 Å². The molecule has 0 aromatic heterocycles. The highest BCUT2D eigenvalue weighted by Crippen LogP contribution is 2.28. The van der Waals surface area contributed by atoms with Crippen LogP contribution < -0.4 is 9.47 Å². The summed E-state index contributed by atoms with van der Waals surface area (Å²) in [5.41, 5.74) is 2.27. The lowest BCUT2D eigenvalue weighted by Crippen LogP contribution is -1.90. The fraction of sp³-hybridized carbons (Fsp3) is 0.118. The van der Waals surface area contributed by atoms with Crippen LogP contribution in [0.5, 0.6) is 11.5 Å². The van der Waals surface area contributed by atoms with Crippen molar-refractivity contribution in [1.82, 2.24) is 0 Å². The number of benzene rings is 2. The first-order valence-electron chi connectivity index (χ1n) is 6.17. The fourth-order valence-corrected chi connectivity index (χ4v) is 1.91. The predicted molar refractivity (Wildman–Crippen MR) is 79.5 cm³/mol. The minimum Gasteiger partial charge on any atom is -0.497 e. The molecule has 0 aliphatic carbocycles. The van der Waals surface area contributed by atoms with E-state index >= 15 is 0 Å². The van der Waals surface area contributed by atoms with E-state index in [4.69, 9.17) is 9.47 Å². The van der Waals surface area contributed by atoms with Crippen LogP contribution in [0.3, 0.4) is 0 Å². The largest absolute Gasteiger partial charge is 0.497 e. The van der Waals surface area contributed by atoms with Crippen LogP contribution in [0.25, 0.3) is 11.6 Å². The Balaban J connectivity index is 2.50. The summed E-state index contributed by atoms with van der Waals surface area (Å²) in [6.07, 6.45) is 1.80. The zero-order valence-electron chi connectivity index (χ0n) is 11.5. The first-order chi connectivity index (χ1) is 9.78. The van der Waals surface area contributed by atoms with Crippen LogP contribution in [0.1, 0.15) is 11.1 Å². The molecule has 0 heterocycles. The number of hydrogen-bond donors (Lipinski definition) is 0. The van der Waals surface area contributed by atoms with E-state index in [1.807, 2.05) is 48.5 Å². The Morgan fingerprint density at radius 1 is 1.05 bits per heavy atom. The van der Waals surface area contributed by atoms with E-state index in [0.29, 0.717) is 11.3 Å². The Hall–Kier alpha value is -2.73. The third-order valence-electron chi connectivity index (χ3n) is 2.94. The molecule has 2 rings (SSSR count). The molecule has 3 nitrogen and oxygen atoms in total. The Bertz CT molecular complexity index is 654. The maximum atomic E-state index is 9.34. The third kappa shape index (κ3) is 2.99. The van der Waals surface area contributed by atoms with E-state index in [2.05, 4.69) is 6.07 Å². The lowest BCUT2D eigenvalue weighted by molar-refractivity contribution is 0.402. The lowest BCUT2D eigenvalue weighted by atomic mass is 10.0. The number of hydrogen-bond acceptors (Lipinski definition) is 3. The van der Waals surface area contributed by atoms with Crippen LogP contribution in [0.15, 0.2) is 48.5 Å². The van der Waals surface area contributed by atoms with Crippen molar-refractivity contribution < 1.29 is 9.47 Å². The van der Waals surface area contributed by atoms with Crippen LogP contribution in [-0.2, 0) is 0 Å². The Morgan fingerprint density at radius 2 is 1.80 bits per heavy atom. The molecule has 0 saturated heterocycles. The van der Waals surface area contributed by atoms with Crippen LogP contribution in [-0.4, -0.2) is 14.2 Å². The molecule has 0 N–H and O–H groups in total. The summed E-state index contributed by atoms with van der Waals surface area (Å²) < 4.78 is 10.5. The zero-order chi connectivity index (χ0) is 14.4. The molecule has 0 unspecified atom stereocenters. The molecule has 3 heteroatoms. The molecule has 0 aliphatic rings. The molecule has 0 saturated carbocycles. The molecule has 0 spiro atoms. The van der Waals surface area contributed by atoms with E-state index in [1.54, 1.807) is 20.3 Å². The molecule has 20 heavy (non-hydrogen) atoms. The monoisotopic (exact) mass is 265 g/mol. The summed E-state index contributed by atoms with van der Waals surface area (Å²) >= 11 is 0. The average Bonchev–Trinajstić information content (AvgIpc) is 2.53. The molecule has 2 aromatic carbocycles. The topological polar surface area (TPSA) is 42.2 Å². The Kier molecular flexibility index (Phi) is 4.41. The van der Waals surface area contributed by atoms with Gasteiger partial charge in [0.05, 0.1) is 25.9 Å². The molecule has 0 aliphatic heterocycles. The molecular weight excluding hydrogens is 250 g/mol. The highest BCUT2D eigenvalue weighted by atomic mass is 16.5. The van der Waals surface area contributed by atoms with Gasteiger partial charge in [-0.05, 0) is 29.8 Å². The molecule has 2 aromatic rings. The maximum absolute atomic E-state index is 9.34. The second kappa shape index (κ2) is 6.44. The van der Waals surface area contributed by atoms with Crippen LogP contribution >= 0.6 is 0 Å². The predicted octanol–water partition coefficient (Wildman–Crippen LogP) is 3.77. The van der Waals surface area contributed by atoms with Crippen molar-refractivity contribution in [2.24, 2.45) is 0 Å². The maximum Gasteiger partial charge on any atom is 0.126 e. The van der Waals surface area contributed by atoms with Crippen molar-refractivity contribution in [3.63, 3.8) is 0 Å². The second-order valence-corrected chi connectivity index (χ2v) is 4.14. The second-order valence-electron chi connectivity index (χ2n) is 4.14. The summed E-state index contributed by atoms with van der Waals surface area (Å²) in [7, 11) is 3.21. The van der Waals surface area contributed by atoms with Gasteiger partial charge in [-0.2, -0.15) is 5.26 Å². The van der Waals surface area contributed by atoms with Crippen molar-refractivity contribution >= 4 is 11.6 Å². The van der Waals surface area contributed by atoms with E-state index in [9.17, 15) is 5.26 Å². The van der Waals surface area contributed by atoms with E-state index in [-0.39, 0.29) is 0 Å². The van der Waals surface area contributed by atoms with Crippen LogP contribution in [0.4, 0.5) is 0 Å². The Morgan fingerprint density at radius 3 is 2.40 bits per heavy atom. The summed E-state index contributed by atoms with van der Waals surface area (Å²) in [5.74, 6) is 1.43. The van der Waals surface area contributed by atoms with Crippen molar-refractivity contribution in [1.29, 1.82) is 5.26 Å². The lowest BCUT2D eigenvalue weighted by Gasteiger charge is -2.08. The smallest absolute Gasteiger partial charge is 0.126 e. The van der Waals surface area contributed by atoms with Gasteiger partial charge in [0.15, 0.2) is 0 Å². The van der Waals surface area contributed by atoms with Gasteiger partial charge in [0.1, 0.15) is 11.5 Å². The van der Waals surface area contributed by atoms with Gasteiger partial charge in [0, 0.05) is 5.56 Å². The number of nitriles is 1. The number of nitrogens with zero attached hydrogens (tertiary/aromatic N) is 1. The van der Waals surface area contributed by atoms with E-state index in [0.717, 1.165) is 16.9 Å². The van der Waals surface area contributed by atoms with E-state index in [1.165, 1.54) is 0 Å². The molecule has 0 fully saturated rings. The summed E-state index contributed by atoms with van der Waals surface area (Å²) in [5, 5.41) is 9.34. The third-order valence-corrected chi connectivity index (χ3v) is 2.94. The molecule has 0 bridgehead atoms. The van der Waals surface area contributed by atoms with Crippen molar-refractivity contribution in [3.8, 4) is 17.6 Å². The quantitative estimate of drug-likeness (QED) is 0.624. The van der Waals surface area contributed by atoms with Gasteiger partial charge in [-0.3, -0.25) is 0 Å². The number of rotatable bonds is 4. The van der Waals surface area contributed by atoms with Gasteiger partial charge in [-0.15, -0.1) is 0 Å². The minimum absolute atomic E-state index is 0.581. The van der Waals surface area contributed by atoms with Crippen molar-refractivity contribution in [2.75, 3.05) is 14.2 Å². The first-order valence-corrected chi connectivity index (χ1v) is 6.17. The highest BCUT2D eigenvalue weighted by Gasteiger charge is 2.06. The van der Waals surface area contributed by atoms with Gasteiger partial charge in [-0.25, -0.2) is 0 Å². The number of methoxy groups -OCH3 is 2. The molecule has 0 radical (unpaired) electrons. The average molecular weight is 265 g/mol. The number of ether oxygens (including phenoxy) is 2. The van der Waals surface area contributed by atoms with Crippen LogP contribution in [0, 0.1) is 11.3 Å². The summed E-state index contributed by atoms with van der Waals surface area (Å²) in [6.45, 7) is 0. The van der Waals surface area contributed by atoms with Gasteiger partial charge in [-0.1, -0.05) is 30.3 Å². The molecular formula is C17H15NO2. The summed E-state index contributed by atoms with van der Waals surface area (Å²) in [6, 6.07) is 17.3. The van der Waals surface area contributed by atoms with E-state index < -0.39 is 0 Å². The normalized spacial score (nSPS) is 10.8. The molecule has 0 amide bonds. The zero-order valence-corrected chi connectivity index (χ0v) is 11.5. The van der Waals surface area contributed by atoms with Gasteiger partial charge in [0.25, 0.3) is 0 Å². The fourth-order valence-electron chi connectivity index (χ4n) is 1.91. The standard InChI is InChI=1S/C17H15NO2/c1-19-16-8-9-17(20-2)14(11-16)10-15(12-18)13-6-4-3-5-7-13/h3-11H,1-2H3/b15-10+.